The number of hydrogen-bond acceptors (Lipinski definition) is 5. The summed E-state index contributed by atoms with van der Waals surface area (Å²) < 4.78 is 5.79. The average Bonchev–Trinajstić information content (AvgIpc) is 2.76. The second-order valence-electron chi connectivity index (χ2n) is 7.15. The van der Waals surface area contributed by atoms with E-state index in [2.05, 4.69) is 35.0 Å². The van der Waals surface area contributed by atoms with Gasteiger partial charge in [-0.25, -0.2) is 0 Å². The number of carbonyl (C=O) groups excluding carboxylic acids is 2. The molecule has 3 rings (SSSR count). The second-order valence-corrected chi connectivity index (χ2v) is 7.15. The van der Waals surface area contributed by atoms with Crippen LogP contribution in [-0.4, -0.2) is 28.5 Å². The minimum atomic E-state index is -0.550. The van der Waals surface area contributed by atoms with Crippen LogP contribution in [0.1, 0.15) is 35.7 Å². The van der Waals surface area contributed by atoms with Crippen LogP contribution in [0.15, 0.2) is 65.8 Å². The fourth-order valence-corrected chi connectivity index (χ4v) is 2.95. The fourth-order valence-electron chi connectivity index (χ4n) is 2.95. The van der Waals surface area contributed by atoms with Crippen LogP contribution in [0.25, 0.3) is 11.1 Å². The van der Waals surface area contributed by atoms with Gasteiger partial charge in [0.25, 0.3) is 11.5 Å². The van der Waals surface area contributed by atoms with E-state index >= 15 is 0 Å². The first kappa shape index (κ1) is 21.0. The lowest BCUT2D eigenvalue weighted by Crippen LogP contribution is -2.24. The molecule has 30 heavy (non-hydrogen) atoms. The van der Waals surface area contributed by atoms with E-state index in [1.807, 2.05) is 24.3 Å². The monoisotopic (exact) mass is 405 g/mol. The zero-order chi connectivity index (χ0) is 21.7. The Kier molecular flexibility index (Phi) is 6.41. The minimum Gasteiger partial charge on any atom is -0.468 e. The zero-order valence-electron chi connectivity index (χ0n) is 17.1. The lowest BCUT2D eigenvalue weighted by molar-refractivity contribution is -0.141. The highest BCUT2D eigenvalue weighted by atomic mass is 16.5. The summed E-state index contributed by atoms with van der Waals surface area (Å²) in [5.74, 6) is -0.632. The molecule has 0 aliphatic carbocycles. The van der Waals surface area contributed by atoms with Gasteiger partial charge in [-0.15, -0.1) is 0 Å². The molecule has 1 aromatic carbocycles. The van der Waals surface area contributed by atoms with Crippen molar-refractivity contribution in [2.45, 2.75) is 26.3 Å². The van der Waals surface area contributed by atoms with Gasteiger partial charge >= 0.3 is 5.97 Å². The van der Waals surface area contributed by atoms with Gasteiger partial charge in [-0.1, -0.05) is 26.0 Å². The molecule has 7 heteroatoms. The molecule has 0 atom stereocenters. The largest absolute Gasteiger partial charge is 0.468 e. The lowest BCUT2D eigenvalue weighted by atomic mass is 9.95. The summed E-state index contributed by atoms with van der Waals surface area (Å²) in [6, 6.07) is 12.3. The topological polar surface area (TPSA) is 90.3 Å². The normalized spacial score (nSPS) is 10.7. The van der Waals surface area contributed by atoms with Crippen LogP contribution in [0.3, 0.4) is 0 Å². The highest BCUT2D eigenvalue weighted by Gasteiger charge is 2.13. The number of ether oxygens (including phenoxy) is 1. The Morgan fingerprint density at radius 3 is 2.60 bits per heavy atom. The van der Waals surface area contributed by atoms with Crippen LogP contribution >= 0.6 is 0 Å². The Hall–Kier alpha value is -3.74. The van der Waals surface area contributed by atoms with Crippen LogP contribution in [0, 0.1) is 0 Å². The van der Waals surface area contributed by atoms with Gasteiger partial charge in [-0.05, 0) is 41.3 Å². The van der Waals surface area contributed by atoms with E-state index < -0.39 is 5.97 Å². The van der Waals surface area contributed by atoms with Crippen molar-refractivity contribution >= 4 is 17.6 Å². The predicted octanol–water partition coefficient (Wildman–Crippen LogP) is 3.46. The summed E-state index contributed by atoms with van der Waals surface area (Å²) in [7, 11) is 1.25. The van der Waals surface area contributed by atoms with E-state index in [1.165, 1.54) is 30.0 Å². The highest BCUT2D eigenvalue weighted by Crippen LogP contribution is 2.26. The predicted molar refractivity (Wildman–Crippen MR) is 114 cm³/mol. The molecule has 0 saturated heterocycles. The number of benzene rings is 1. The van der Waals surface area contributed by atoms with Crippen molar-refractivity contribution in [3.63, 3.8) is 0 Å². The summed E-state index contributed by atoms with van der Waals surface area (Å²) in [4.78, 5) is 40.5. The van der Waals surface area contributed by atoms with Gasteiger partial charge in [0.15, 0.2) is 0 Å². The number of pyridine rings is 2. The molecule has 1 amide bonds. The van der Waals surface area contributed by atoms with Gasteiger partial charge in [0.1, 0.15) is 6.54 Å². The number of rotatable bonds is 6. The summed E-state index contributed by atoms with van der Waals surface area (Å²) in [6.45, 7) is 3.90. The van der Waals surface area contributed by atoms with Crippen molar-refractivity contribution in [1.82, 2.24) is 9.55 Å². The Labute approximate surface area is 174 Å². The van der Waals surface area contributed by atoms with Gasteiger partial charge in [0, 0.05) is 35.8 Å². The van der Waals surface area contributed by atoms with Gasteiger partial charge in [0.05, 0.1) is 12.8 Å². The zero-order valence-corrected chi connectivity index (χ0v) is 17.1. The molecule has 1 N–H and O–H groups in total. The second kappa shape index (κ2) is 9.17. The minimum absolute atomic E-state index is 0.229. The maximum absolute atomic E-state index is 12.9. The van der Waals surface area contributed by atoms with Crippen molar-refractivity contribution in [1.29, 1.82) is 0 Å². The van der Waals surface area contributed by atoms with Gasteiger partial charge in [-0.2, -0.15) is 0 Å². The maximum atomic E-state index is 12.9. The molecule has 0 saturated carbocycles. The molecule has 3 aromatic rings. The molecule has 0 bridgehead atoms. The molecule has 0 aliphatic heterocycles. The quantitative estimate of drug-likeness (QED) is 0.634. The number of methoxy groups -OCH3 is 1. The number of amides is 1. The number of aromatic nitrogens is 2. The van der Waals surface area contributed by atoms with E-state index in [1.54, 1.807) is 12.4 Å². The Morgan fingerprint density at radius 2 is 1.93 bits per heavy atom. The summed E-state index contributed by atoms with van der Waals surface area (Å²) in [6.07, 6.45) is 4.88. The SMILES string of the molecule is COC(=O)Cn1cc(NC(=O)c2cc(-c3cccnc3)cc(C(C)C)c2)ccc1=O. The van der Waals surface area contributed by atoms with Crippen molar-refractivity contribution < 1.29 is 14.3 Å². The Bertz CT molecular complexity index is 1120. The van der Waals surface area contributed by atoms with Crippen molar-refractivity contribution in [3.05, 3.63) is 82.5 Å². The fraction of sp³-hybridized carbons (Fsp3) is 0.217. The molecule has 0 unspecified atom stereocenters. The van der Waals surface area contributed by atoms with Gasteiger partial charge in [0.2, 0.25) is 0 Å². The number of carbonyl (C=O) groups is 2. The maximum Gasteiger partial charge on any atom is 0.325 e. The number of esters is 1. The molecule has 154 valence electrons. The van der Waals surface area contributed by atoms with E-state index in [9.17, 15) is 14.4 Å². The van der Waals surface area contributed by atoms with E-state index in [0.717, 1.165) is 16.7 Å². The summed E-state index contributed by atoms with van der Waals surface area (Å²) in [5.41, 5.74) is 3.37. The van der Waals surface area contributed by atoms with Gasteiger partial charge < -0.3 is 14.6 Å². The van der Waals surface area contributed by atoms with E-state index in [-0.39, 0.29) is 23.9 Å². The molecule has 0 radical (unpaired) electrons. The van der Waals surface area contributed by atoms with E-state index in [4.69, 9.17) is 0 Å². The van der Waals surface area contributed by atoms with E-state index in [0.29, 0.717) is 11.3 Å². The lowest BCUT2D eigenvalue weighted by Gasteiger charge is -2.13. The first-order valence-electron chi connectivity index (χ1n) is 9.51. The van der Waals surface area contributed by atoms with Crippen molar-refractivity contribution in [2.75, 3.05) is 12.4 Å². The molecule has 2 aromatic heterocycles. The van der Waals surface area contributed by atoms with Crippen LogP contribution < -0.4 is 10.9 Å². The number of hydrogen-bond donors (Lipinski definition) is 1. The summed E-state index contributed by atoms with van der Waals surface area (Å²) >= 11 is 0. The number of nitrogens with one attached hydrogen (secondary N) is 1. The Morgan fingerprint density at radius 1 is 1.13 bits per heavy atom. The molecular weight excluding hydrogens is 382 g/mol. The Balaban J connectivity index is 1.92. The third-order valence-corrected chi connectivity index (χ3v) is 4.65. The number of anilines is 1. The molecule has 0 fully saturated rings. The highest BCUT2D eigenvalue weighted by molar-refractivity contribution is 6.05. The summed E-state index contributed by atoms with van der Waals surface area (Å²) in [5, 5.41) is 2.80. The van der Waals surface area contributed by atoms with Crippen molar-refractivity contribution in [3.8, 4) is 11.1 Å². The number of nitrogens with zero attached hydrogens (tertiary/aromatic N) is 2. The van der Waals surface area contributed by atoms with Gasteiger partial charge in [-0.3, -0.25) is 19.4 Å². The molecule has 0 aliphatic rings. The van der Waals surface area contributed by atoms with Crippen LogP contribution in [-0.2, 0) is 16.1 Å². The molecular formula is C23H23N3O4. The van der Waals surface area contributed by atoms with Crippen LogP contribution in [0.2, 0.25) is 0 Å². The third-order valence-electron chi connectivity index (χ3n) is 4.65. The smallest absolute Gasteiger partial charge is 0.325 e. The standard InChI is InChI=1S/C23H23N3O4/c1-15(2)17-9-18(16-5-4-8-24-12-16)11-19(10-17)23(29)25-20-6-7-21(27)26(13-20)14-22(28)30-3/h4-13,15H,14H2,1-3H3,(H,25,29). The molecule has 0 spiro atoms. The third kappa shape index (κ3) is 5.00. The van der Waals surface area contributed by atoms with Crippen LogP contribution in [0.4, 0.5) is 5.69 Å². The molecule has 7 nitrogen and oxygen atoms in total. The molecule has 2 heterocycles. The average molecular weight is 405 g/mol. The first-order valence-corrected chi connectivity index (χ1v) is 9.51. The van der Waals surface area contributed by atoms with Crippen LogP contribution in [0.5, 0.6) is 0 Å². The van der Waals surface area contributed by atoms with Crippen molar-refractivity contribution in [2.24, 2.45) is 0 Å². The first-order chi connectivity index (χ1) is 14.4.